The lowest BCUT2D eigenvalue weighted by Gasteiger charge is -2.27. The Balaban J connectivity index is 1.90. The van der Waals surface area contributed by atoms with Crippen molar-refractivity contribution < 1.29 is 9.18 Å². The largest absolute Gasteiger partial charge is 0.351 e. The number of piperidine rings is 1. The second kappa shape index (κ2) is 7.61. The molecule has 2 amide bonds. The molecule has 1 saturated heterocycles. The lowest BCUT2D eigenvalue weighted by molar-refractivity contribution is 0.220. The third-order valence-electron chi connectivity index (χ3n) is 4.43. The zero-order valence-corrected chi connectivity index (χ0v) is 14.4. The third-order valence-corrected chi connectivity index (χ3v) is 4.43. The van der Waals surface area contributed by atoms with Gasteiger partial charge < -0.3 is 5.73 Å². The van der Waals surface area contributed by atoms with E-state index in [0.717, 1.165) is 24.3 Å². The molecule has 0 atom stereocenters. The fraction of sp³-hybridized carbons (Fsp3) is 0.368. The number of benzene rings is 1. The van der Waals surface area contributed by atoms with E-state index in [2.05, 4.69) is 9.88 Å². The monoisotopic (exact) mass is 342 g/mol. The van der Waals surface area contributed by atoms with Crippen molar-refractivity contribution >= 4 is 17.4 Å². The second-order valence-corrected chi connectivity index (χ2v) is 6.49. The van der Waals surface area contributed by atoms with Gasteiger partial charge in [-0.05, 0) is 68.8 Å². The average Bonchev–Trinajstić information content (AvgIpc) is 2.57. The van der Waals surface area contributed by atoms with Gasteiger partial charge in [0.1, 0.15) is 5.82 Å². The van der Waals surface area contributed by atoms with Crippen LogP contribution in [0.1, 0.15) is 30.5 Å². The van der Waals surface area contributed by atoms with E-state index >= 15 is 0 Å². The predicted molar refractivity (Wildman–Crippen MR) is 96.2 cm³/mol. The summed E-state index contributed by atoms with van der Waals surface area (Å²) in [4.78, 5) is 19.8. The maximum atomic E-state index is 14.2. The number of carbonyl (C=O) groups is 1. The number of nitrogens with zero attached hydrogens (tertiary/aromatic N) is 3. The Bertz CT molecular complexity index is 742. The number of anilines is 2. The van der Waals surface area contributed by atoms with Crippen LogP contribution in [0.25, 0.3) is 0 Å². The van der Waals surface area contributed by atoms with Crippen LogP contribution in [-0.4, -0.2) is 29.0 Å². The third kappa shape index (κ3) is 4.33. The van der Waals surface area contributed by atoms with Crippen LogP contribution in [0.15, 0.2) is 36.5 Å². The number of aryl methyl sites for hydroxylation is 1. The molecule has 0 radical (unpaired) electrons. The highest BCUT2D eigenvalue weighted by molar-refractivity contribution is 5.98. The van der Waals surface area contributed by atoms with Gasteiger partial charge in [0.2, 0.25) is 0 Å². The number of urea groups is 1. The molecule has 2 heterocycles. The molecule has 0 saturated carbocycles. The quantitative estimate of drug-likeness (QED) is 0.921. The predicted octanol–water partition coefficient (Wildman–Crippen LogP) is 3.73. The SMILES string of the molecule is Cc1ccc(N(C(N)=O)c2cc(F)cc(CN3CCCCC3)c2)cn1. The molecule has 2 N–H and O–H groups in total. The van der Waals surface area contributed by atoms with Crippen molar-refractivity contribution in [3.05, 3.63) is 53.6 Å². The van der Waals surface area contributed by atoms with Crippen LogP contribution < -0.4 is 10.6 Å². The number of carbonyl (C=O) groups excluding carboxylic acids is 1. The Morgan fingerprint density at radius 3 is 2.60 bits per heavy atom. The summed E-state index contributed by atoms with van der Waals surface area (Å²) in [5.74, 6) is -0.379. The summed E-state index contributed by atoms with van der Waals surface area (Å²) in [5.41, 5.74) is 8.16. The maximum Gasteiger partial charge on any atom is 0.323 e. The first-order valence-corrected chi connectivity index (χ1v) is 8.57. The number of amides is 2. The molecule has 2 aromatic rings. The van der Waals surface area contributed by atoms with Gasteiger partial charge in [0.25, 0.3) is 0 Å². The molecular formula is C19H23FN4O. The van der Waals surface area contributed by atoms with Crippen LogP contribution in [-0.2, 0) is 6.54 Å². The van der Waals surface area contributed by atoms with E-state index in [9.17, 15) is 9.18 Å². The molecule has 0 bridgehead atoms. The van der Waals surface area contributed by atoms with Gasteiger partial charge in [-0.3, -0.25) is 14.8 Å². The molecule has 3 rings (SSSR count). The zero-order valence-electron chi connectivity index (χ0n) is 14.4. The smallest absolute Gasteiger partial charge is 0.323 e. The molecule has 1 aliphatic rings. The fourth-order valence-corrected chi connectivity index (χ4v) is 3.23. The summed E-state index contributed by atoms with van der Waals surface area (Å²) in [6, 6.07) is 7.54. The highest BCUT2D eigenvalue weighted by Gasteiger charge is 2.18. The fourth-order valence-electron chi connectivity index (χ4n) is 3.23. The number of halogens is 1. The van der Waals surface area contributed by atoms with E-state index in [1.807, 2.05) is 13.0 Å². The maximum absolute atomic E-state index is 14.2. The van der Waals surface area contributed by atoms with Crippen molar-refractivity contribution in [3.63, 3.8) is 0 Å². The standard InChI is InChI=1S/C19H23FN4O/c1-14-5-6-17(12-22-14)24(19(21)25)18-10-15(9-16(20)11-18)13-23-7-3-2-4-8-23/h5-6,9-12H,2-4,7-8,13H2,1H3,(H2,21,25). The van der Waals surface area contributed by atoms with Gasteiger partial charge in [-0.2, -0.15) is 0 Å². The number of likely N-dealkylation sites (tertiary alicyclic amines) is 1. The summed E-state index contributed by atoms with van der Waals surface area (Å²) in [6.45, 7) is 4.57. The molecule has 5 nitrogen and oxygen atoms in total. The normalized spacial score (nSPS) is 15.1. The minimum atomic E-state index is -0.667. The molecule has 0 unspecified atom stereocenters. The summed E-state index contributed by atoms with van der Waals surface area (Å²) >= 11 is 0. The number of pyridine rings is 1. The van der Waals surface area contributed by atoms with E-state index in [0.29, 0.717) is 17.9 Å². The average molecular weight is 342 g/mol. The van der Waals surface area contributed by atoms with Gasteiger partial charge in [-0.15, -0.1) is 0 Å². The van der Waals surface area contributed by atoms with Crippen molar-refractivity contribution in [3.8, 4) is 0 Å². The molecule has 6 heteroatoms. The minimum Gasteiger partial charge on any atom is -0.351 e. The van der Waals surface area contributed by atoms with Crippen molar-refractivity contribution in [2.45, 2.75) is 32.7 Å². The van der Waals surface area contributed by atoms with Crippen molar-refractivity contribution in [2.24, 2.45) is 5.73 Å². The minimum absolute atomic E-state index is 0.379. The molecule has 25 heavy (non-hydrogen) atoms. The first-order valence-electron chi connectivity index (χ1n) is 8.57. The topological polar surface area (TPSA) is 62.5 Å². The van der Waals surface area contributed by atoms with Crippen LogP contribution in [0, 0.1) is 12.7 Å². The van der Waals surface area contributed by atoms with E-state index in [1.54, 1.807) is 18.3 Å². The van der Waals surface area contributed by atoms with Crippen molar-refractivity contribution in [2.75, 3.05) is 18.0 Å². The first kappa shape index (κ1) is 17.4. The number of rotatable bonds is 4. The van der Waals surface area contributed by atoms with Crippen LogP contribution in [0.3, 0.4) is 0 Å². The van der Waals surface area contributed by atoms with E-state index in [1.165, 1.54) is 36.3 Å². The molecule has 0 aliphatic carbocycles. The number of aromatic nitrogens is 1. The summed E-state index contributed by atoms with van der Waals surface area (Å²) in [5, 5.41) is 0. The molecule has 1 fully saturated rings. The van der Waals surface area contributed by atoms with Gasteiger partial charge in [-0.25, -0.2) is 9.18 Å². The van der Waals surface area contributed by atoms with Crippen LogP contribution in [0.5, 0.6) is 0 Å². The number of nitrogens with two attached hydrogens (primary N) is 1. The Hall–Kier alpha value is -2.47. The van der Waals surface area contributed by atoms with Crippen molar-refractivity contribution in [1.29, 1.82) is 0 Å². The summed E-state index contributed by atoms with van der Waals surface area (Å²) in [6.07, 6.45) is 5.16. The van der Waals surface area contributed by atoms with E-state index < -0.39 is 6.03 Å². The Labute approximate surface area is 147 Å². The second-order valence-electron chi connectivity index (χ2n) is 6.49. The Morgan fingerprint density at radius 2 is 1.96 bits per heavy atom. The van der Waals surface area contributed by atoms with Gasteiger partial charge >= 0.3 is 6.03 Å². The number of hydrogen-bond donors (Lipinski definition) is 1. The first-order chi connectivity index (χ1) is 12.0. The van der Waals surface area contributed by atoms with Crippen LogP contribution in [0.4, 0.5) is 20.6 Å². The number of hydrogen-bond acceptors (Lipinski definition) is 3. The molecular weight excluding hydrogens is 319 g/mol. The van der Waals surface area contributed by atoms with Gasteiger partial charge in [-0.1, -0.05) is 6.42 Å². The lowest BCUT2D eigenvalue weighted by atomic mass is 10.1. The zero-order chi connectivity index (χ0) is 17.8. The van der Waals surface area contributed by atoms with Crippen LogP contribution >= 0.6 is 0 Å². The van der Waals surface area contributed by atoms with Crippen LogP contribution in [0.2, 0.25) is 0 Å². The number of primary amides is 1. The van der Waals surface area contributed by atoms with Crippen molar-refractivity contribution in [1.82, 2.24) is 9.88 Å². The highest BCUT2D eigenvalue weighted by atomic mass is 19.1. The Kier molecular flexibility index (Phi) is 5.28. The van der Waals surface area contributed by atoms with Gasteiger partial charge in [0.05, 0.1) is 17.6 Å². The van der Waals surface area contributed by atoms with E-state index in [4.69, 9.17) is 5.73 Å². The molecule has 1 aliphatic heterocycles. The molecule has 0 spiro atoms. The molecule has 132 valence electrons. The molecule has 1 aromatic carbocycles. The lowest BCUT2D eigenvalue weighted by Crippen LogP contribution is -2.32. The summed E-state index contributed by atoms with van der Waals surface area (Å²) in [7, 11) is 0. The van der Waals surface area contributed by atoms with Gasteiger partial charge in [0.15, 0.2) is 0 Å². The molecule has 1 aromatic heterocycles. The van der Waals surface area contributed by atoms with E-state index in [-0.39, 0.29) is 5.82 Å². The Morgan fingerprint density at radius 1 is 1.20 bits per heavy atom. The summed E-state index contributed by atoms with van der Waals surface area (Å²) < 4.78 is 14.2. The van der Waals surface area contributed by atoms with Gasteiger partial charge in [0, 0.05) is 12.2 Å². The highest BCUT2D eigenvalue weighted by Crippen LogP contribution is 2.27.